The first kappa shape index (κ1) is 21.2. The first-order valence-corrected chi connectivity index (χ1v) is 9.68. The number of anilines is 1. The summed E-state index contributed by atoms with van der Waals surface area (Å²) in [4.78, 5) is 47.2. The summed E-state index contributed by atoms with van der Waals surface area (Å²) in [5.74, 6) is -1.92. The van der Waals surface area contributed by atoms with Gasteiger partial charge in [0.1, 0.15) is 5.56 Å². The van der Waals surface area contributed by atoms with Crippen molar-refractivity contribution < 1.29 is 19.1 Å². The van der Waals surface area contributed by atoms with E-state index >= 15 is 0 Å². The lowest BCUT2D eigenvalue weighted by molar-refractivity contribution is -0.146. The van der Waals surface area contributed by atoms with Gasteiger partial charge in [0, 0.05) is 12.7 Å². The van der Waals surface area contributed by atoms with Crippen LogP contribution in [0.15, 0.2) is 30.6 Å². The topological polar surface area (TPSA) is 128 Å². The van der Waals surface area contributed by atoms with Crippen LogP contribution in [0.5, 0.6) is 5.88 Å². The molecule has 1 aliphatic heterocycles. The highest BCUT2D eigenvalue weighted by Crippen LogP contribution is 2.32. The Morgan fingerprint density at radius 3 is 2.60 bits per heavy atom. The van der Waals surface area contributed by atoms with Gasteiger partial charge in [-0.15, -0.1) is 0 Å². The molecule has 0 radical (unpaired) electrons. The van der Waals surface area contributed by atoms with Crippen molar-refractivity contribution in [2.24, 2.45) is 11.7 Å². The van der Waals surface area contributed by atoms with Crippen molar-refractivity contribution in [1.82, 2.24) is 14.9 Å². The van der Waals surface area contributed by atoms with Gasteiger partial charge in [0.05, 0.1) is 30.7 Å². The second-order valence-corrected chi connectivity index (χ2v) is 7.52. The predicted octanol–water partition coefficient (Wildman–Crippen LogP) is 1.83. The maximum Gasteiger partial charge on any atom is 0.313 e. The molecule has 2 aromatic rings. The second kappa shape index (κ2) is 8.89. The molecule has 0 aromatic carbocycles. The lowest BCUT2D eigenvalue weighted by Crippen LogP contribution is -2.46. The fourth-order valence-electron chi connectivity index (χ4n) is 3.54. The number of hydrogen-bond acceptors (Lipinski definition) is 6. The Kier molecular flexibility index (Phi) is 6.29. The fraction of sp³-hybridized carbons (Fsp3) is 0.381. The van der Waals surface area contributed by atoms with Crippen molar-refractivity contribution in [3.8, 4) is 5.88 Å². The number of likely N-dealkylation sites (tertiary alicyclic amines) is 1. The number of rotatable bonds is 4. The van der Waals surface area contributed by atoms with Gasteiger partial charge in [-0.25, -0.2) is 4.98 Å². The van der Waals surface area contributed by atoms with Crippen LogP contribution < -0.4 is 15.8 Å². The zero-order chi connectivity index (χ0) is 21.8. The van der Waals surface area contributed by atoms with Gasteiger partial charge in [0.15, 0.2) is 0 Å². The zero-order valence-electron chi connectivity index (χ0n) is 17.2. The Bertz CT molecular complexity index is 960. The Morgan fingerprint density at radius 2 is 1.97 bits per heavy atom. The number of aromatic nitrogens is 2. The summed E-state index contributed by atoms with van der Waals surface area (Å²) in [6.45, 7) is 4.45. The molecule has 3 rings (SSSR count). The van der Waals surface area contributed by atoms with Crippen molar-refractivity contribution in [3.05, 3.63) is 47.4 Å². The van der Waals surface area contributed by atoms with E-state index < -0.39 is 17.7 Å². The highest BCUT2D eigenvalue weighted by atomic mass is 16.5. The number of nitrogens with one attached hydrogen (secondary N) is 1. The largest absolute Gasteiger partial charge is 0.480 e. The van der Waals surface area contributed by atoms with Gasteiger partial charge in [0.25, 0.3) is 5.91 Å². The van der Waals surface area contributed by atoms with E-state index in [4.69, 9.17) is 10.5 Å². The number of methoxy groups -OCH3 is 1. The summed E-state index contributed by atoms with van der Waals surface area (Å²) in [7, 11) is 1.35. The third kappa shape index (κ3) is 4.56. The quantitative estimate of drug-likeness (QED) is 0.739. The first-order valence-electron chi connectivity index (χ1n) is 9.68. The third-order valence-electron chi connectivity index (χ3n) is 5.12. The van der Waals surface area contributed by atoms with Crippen molar-refractivity contribution in [2.45, 2.75) is 32.7 Å². The average molecular weight is 411 g/mol. The number of piperidine rings is 1. The molecule has 0 spiro atoms. The number of nitrogens with zero attached hydrogens (tertiary/aromatic N) is 3. The number of pyridine rings is 2. The molecule has 3 amide bonds. The van der Waals surface area contributed by atoms with Crippen LogP contribution in [0.2, 0.25) is 0 Å². The molecule has 2 atom stereocenters. The van der Waals surface area contributed by atoms with E-state index in [-0.39, 0.29) is 29.1 Å². The highest BCUT2D eigenvalue weighted by molar-refractivity contribution is 6.39. The van der Waals surface area contributed by atoms with Crippen LogP contribution in [-0.2, 0) is 9.59 Å². The molecule has 1 fully saturated rings. The molecule has 9 nitrogen and oxygen atoms in total. The van der Waals surface area contributed by atoms with Gasteiger partial charge >= 0.3 is 11.8 Å². The van der Waals surface area contributed by atoms with Crippen LogP contribution in [-0.4, -0.2) is 46.2 Å². The minimum absolute atomic E-state index is 0.0103. The summed E-state index contributed by atoms with van der Waals surface area (Å²) < 4.78 is 4.99. The van der Waals surface area contributed by atoms with Crippen molar-refractivity contribution in [3.63, 3.8) is 0 Å². The molecular weight excluding hydrogens is 386 g/mol. The smallest absolute Gasteiger partial charge is 0.313 e. The summed E-state index contributed by atoms with van der Waals surface area (Å²) in [6, 6.07) is 4.89. The minimum Gasteiger partial charge on any atom is -0.480 e. The van der Waals surface area contributed by atoms with Crippen LogP contribution in [0, 0.1) is 12.8 Å². The zero-order valence-corrected chi connectivity index (χ0v) is 17.2. The number of carbonyl (C=O) groups is 3. The van der Waals surface area contributed by atoms with E-state index in [0.717, 1.165) is 24.1 Å². The number of aryl methyl sites for hydroxylation is 1. The van der Waals surface area contributed by atoms with Crippen LogP contribution in [0.25, 0.3) is 0 Å². The van der Waals surface area contributed by atoms with Crippen LogP contribution in [0.4, 0.5) is 5.69 Å². The molecule has 0 unspecified atom stereocenters. The monoisotopic (exact) mass is 411 g/mol. The van der Waals surface area contributed by atoms with Crippen molar-refractivity contribution >= 4 is 23.4 Å². The second-order valence-electron chi connectivity index (χ2n) is 7.52. The Balaban J connectivity index is 1.80. The molecule has 0 aliphatic carbocycles. The van der Waals surface area contributed by atoms with Gasteiger partial charge in [-0.3, -0.25) is 19.4 Å². The number of hydrogen-bond donors (Lipinski definition) is 2. The Morgan fingerprint density at radius 1 is 1.20 bits per heavy atom. The molecule has 1 saturated heterocycles. The van der Waals surface area contributed by atoms with E-state index in [1.165, 1.54) is 19.4 Å². The number of ether oxygens (including phenoxy) is 1. The number of carbonyl (C=O) groups excluding carboxylic acids is 3. The SMILES string of the molecule is COc1ncc(NC(=O)C(=O)N2C[C@@H](C)CC[C@H]2c2ccc(C)cn2)cc1C(N)=O. The number of amides is 3. The van der Waals surface area contributed by atoms with E-state index in [2.05, 4.69) is 15.3 Å². The Hall–Kier alpha value is -3.49. The average Bonchev–Trinajstić information content (AvgIpc) is 2.73. The summed E-state index contributed by atoms with van der Waals surface area (Å²) in [5, 5.41) is 2.51. The number of primary amides is 1. The van der Waals surface area contributed by atoms with Gasteiger partial charge in [0.2, 0.25) is 5.88 Å². The normalized spacial score (nSPS) is 18.6. The van der Waals surface area contributed by atoms with Crippen molar-refractivity contribution in [1.29, 1.82) is 0 Å². The lowest BCUT2D eigenvalue weighted by atomic mass is 9.92. The summed E-state index contributed by atoms with van der Waals surface area (Å²) in [6.07, 6.45) is 4.72. The number of nitrogens with two attached hydrogens (primary N) is 1. The van der Waals surface area contributed by atoms with Crippen LogP contribution >= 0.6 is 0 Å². The van der Waals surface area contributed by atoms with E-state index in [1.807, 2.05) is 26.0 Å². The van der Waals surface area contributed by atoms with Crippen LogP contribution in [0.3, 0.4) is 0 Å². The molecule has 30 heavy (non-hydrogen) atoms. The lowest BCUT2D eigenvalue weighted by Gasteiger charge is -2.38. The highest BCUT2D eigenvalue weighted by Gasteiger charge is 2.35. The Labute approximate surface area is 174 Å². The molecule has 158 valence electrons. The molecule has 2 aromatic heterocycles. The van der Waals surface area contributed by atoms with Crippen molar-refractivity contribution in [2.75, 3.05) is 19.0 Å². The summed E-state index contributed by atoms with van der Waals surface area (Å²) >= 11 is 0. The van der Waals surface area contributed by atoms with Gasteiger partial charge in [-0.05, 0) is 43.4 Å². The van der Waals surface area contributed by atoms with Gasteiger partial charge in [-0.1, -0.05) is 13.0 Å². The standard InChI is InChI=1S/C21H25N5O4/c1-12-4-6-16(23-9-12)17-7-5-13(2)11-26(17)21(29)19(28)25-14-8-15(18(22)27)20(30-3)24-10-14/h4,6,8-10,13,17H,5,7,11H2,1-3H3,(H2,22,27)(H,25,28)/t13-,17-/m0/s1. The molecule has 3 N–H and O–H groups in total. The minimum atomic E-state index is -0.816. The van der Waals surface area contributed by atoms with E-state index in [9.17, 15) is 14.4 Å². The molecular formula is C21H25N5O4. The third-order valence-corrected chi connectivity index (χ3v) is 5.12. The van der Waals surface area contributed by atoms with Gasteiger partial charge < -0.3 is 20.7 Å². The summed E-state index contributed by atoms with van der Waals surface area (Å²) in [5.41, 5.74) is 7.29. The fourth-order valence-corrected chi connectivity index (χ4v) is 3.54. The first-order chi connectivity index (χ1) is 14.3. The maximum atomic E-state index is 13.0. The maximum absolute atomic E-state index is 13.0. The molecule has 0 bridgehead atoms. The van der Waals surface area contributed by atoms with Gasteiger partial charge in [-0.2, -0.15) is 0 Å². The molecule has 9 heteroatoms. The molecule has 1 aliphatic rings. The molecule has 0 saturated carbocycles. The molecule has 3 heterocycles. The van der Waals surface area contributed by atoms with E-state index in [0.29, 0.717) is 6.54 Å². The van der Waals surface area contributed by atoms with E-state index in [1.54, 1.807) is 11.1 Å². The van der Waals surface area contributed by atoms with Crippen LogP contribution in [0.1, 0.15) is 47.4 Å². The predicted molar refractivity (Wildman–Crippen MR) is 110 cm³/mol.